The maximum Gasteiger partial charge on any atom is 0.142 e. The number of aliphatic hydroxyl groups is 1. The van der Waals surface area contributed by atoms with Gasteiger partial charge in [-0.3, -0.25) is 4.98 Å². The van der Waals surface area contributed by atoms with Crippen LogP contribution in [-0.4, -0.2) is 52.5 Å². The largest absolute Gasteiger partial charge is 0.493 e. The molecule has 1 saturated heterocycles. The summed E-state index contributed by atoms with van der Waals surface area (Å²) in [5.41, 5.74) is 8.33. The Morgan fingerprint density at radius 3 is 2.50 bits per heavy atom. The highest BCUT2D eigenvalue weighted by atomic mass is 35.5. The first-order valence-corrected chi connectivity index (χ1v) is 17.9. The Morgan fingerprint density at radius 1 is 0.923 bits per heavy atom. The predicted octanol–water partition coefficient (Wildman–Crippen LogP) is 7.47. The maximum absolute atomic E-state index is 9.80. The third-order valence-corrected chi connectivity index (χ3v) is 9.55. The molecule has 3 aromatic carbocycles. The zero-order valence-electron chi connectivity index (χ0n) is 29.8. The van der Waals surface area contributed by atoms with Gasteiger partial charge in [0.1, 0.15) is 42.3 Å². The lowest BCUT2D eigenvalue weighted by Crippen LogP contribution is -2.24. The van der Waals surface area contributed by atoms with Crippen molar-refractivity contribution >= 4 is 11.6 Å². The highest BCUT2D eigenvalue weighted by molar-refractivity contribution is 6.32. The first kappa shape index (κ1) is 36.9. The minimum absolute atomic E-state index is 0.203. The molecule has 3 heterocycles. The van der Waals surface area contributed by atoms with Crippen LogP contribution in [0.1, 0.15) is 57.7 Å². The van der Waals surface area contributed by atoms with E-state index in [9.17, 15) is 10.4 Å². The number of benzene rings is 3. The molecule has 0 radical (unpaired) electrons. The van der Waals surface area contributed by atoms with Gasteiger partial charge in [-0.25, -0.2) is 0 Å². The van der Waals surface area contributed by atoms with Gasteiger partial charge in [0.2, 0.25) is 0 Å². The number of hydrogen-bond donors (Lipinski definition) is 2. The Hall–Kier alpha value is -4.92. The number of nitriles is 1. The van der Waals surface area contributed by atoms with E-state index < -0.39 is 0 Å². The minimum Gasteiger partial charge on any atom is -0.493 e. The Morgan fingerprint density at radius 2 is 1.73 bits per heavy atom. The second-order valence-electron chi connectivity index (χ2n) is 13.2. The molecule has 1 aliphatic rings. The molecule has 11 heteroatoms. The monoisotopic (exact) mass is 721 g/mol. The van der Waals surface area contributed by atoms with E-state index in [0.717, 1.165) is 88.6 Å². The van der Waals surface area contributed by atoms with Gasteiger partial charge in [-0.1, -0.05) is 47.1 Å². The summed E-state index contributed by atoms with van der Waals surface area (Å²) in [5, 5.41) is 27.0. The van der Waals surface area contributed by atoms with Crippen molar-refractivity contribution in [2.24, 2.45) is 0 Å². The quantitative estimate of drug-likeness (QED) is 0.0992. The first-order valence-electron chi connectivity index (χ1n) is 17.5. The smallest absolute Gasteiger partial charge is 0.142 e. The van der Waals surface area contributed by atoms with Crippen molar-refractivity contribution in [2.45, 2.75) is 66.0 Å². The van der Waals surface area contributed by atoms with Crippen LogP contribution in [0.4, 0.5) is 0 Å². The summed E-state index contributed by atoms with van der Waals surface area (Å²) in [6.45, 7) is 10.8. The van der Waals surface area contributed by atoms with Gasteiger partial charge in [0.05, 0.1) is 29.0 Å². The molecule has 1 unspecified atom stereocenters. The molecule has 0 bridgehead atoms. The summed E-state index contributed by atoms with van der Waals surface area (Å²) in [4.78, 5) is 6.45. The Kier molecular flexibility index (Phi) is 12.4. The van der Waals surface area contributed by atoms with Gasteiger partial charge in [-0.2, -0.15) is 5.26 Å². The number of pyridine rings is 1. The van der Waals surface area contributed by atoms with Crippen LogP contribution in [0.5, 0.6) is 17.2 Å². The Labute approximate surface area is 309 Å². The third kappa shape index (κ3) is 9.49. The zero-order valence-corrected chi connectivity index (χ0v) is 30.6. The summed E-state index contributed by atoms with van der Waals surface area (Å²) < 4.78 is 24.1. The van der Waals surface area contributed by atoms with Gasteiger partial charge in [0.25, 0.3) is 0 Å². The molecule has 0 amide bonds. The molecule has 5 aromatic rings. The van der Waals surface area contributed by atoms with Gasteiger partial charge >= 0.3 is 0 Å². The van der Waals surface area contributed by atoms with E-state index in [1.165, 1.54) is 6.20 Å². The van der Waals surface area contributed by atoms with Crippen molar-refractivity contribution < 1.29 is 23.8 Å². The number of ether oxygens (including phenoxy) is 3. The van der Waals surface area contributed by atoms with Crippen molar-refractivity contribution in [3.8, 4) is 34.4 Å². The minimum atomic E-state index is -0.203. The topological polar surface area (TPSA) is 126 Å². The highest BCUT2D eigenvalue weighted by Crippen LogP contribution is 2.36. The van der Waals surface area contributed by atoms with Crippen LogP contribution in [-0.2, 0) is 26.3 Å². The van der Waals surface area contributed by atoms with Crippen molar-refractivity contribution in [1.29, 1.82) is 5.26 Å². The molecule has 1 atom stereocenters. The van der Waals surface area contributed by atoms with Gasteiger partial charge < -0.3 is 34.1 Å². The van der Waals surface area contributed by atoms with Crippen molar-refractivity contribution in [1.82, 2.24) is 20.4 Å². The van der Waals surface area contributed by atoms with E-state index in [-0.39, 0.29) is 12.7 Å². The van der Waals surface area contributed by atoms with Gasteiger partial charge in [0.15, 0.2) is 0 Å². The fourth-order valence-corrected chi connectivity index (χ4v) is 6.65. The summed E-state index contributed by atoms with van der Waals surface area (Å²) in [6.07, 6.45) is 4.75. The zero-order chi connectivity index (χ0) is 36.5. The third-order valence-electron chi connectivity index (χ3n) is 9.26. The summed E-state index contributed by atoms with van der Waals surface area (Å²) in [6, 6.07) is 21.8. The molecule has 2 N–H and O–H groups in total. The number of rotatable bonds is 16. The standard InChI is InChI=1S/C41H44ClN5O5/c1-27-15-34(46-52-27)23-45-22-33-17-38(42)41(18-40(33)50-25-31-16-30(19-43)20-44-21-31)51-26-32-7-4-8-36(28(32)2)37-9-5-10-39(29(37)3)49-14-6-12-47-13-11-35(48)24-47/h4-5,7-10,15-18,20-21,35,45,48H,6,11-14,22-26H2,1-3H3. The fourth-order valence-electron chi connectivity index (χ4n) is 6.41. The maximum atomic E-state index is 9.80. The van der Waals surface area contributed by atoms with Crippen LogP contribution in [0.15, 0.2) is 77.6 Å². The lowest BCUT2D eigenvalue weighted by Gasteiger charge is -2.19. The van der Waals surface area contributed by atoms with E-state index in [2.05, 4.69) is 58.5 Å². The van der Waals surface area contributed by atoms with Gasteiger partial charge in [-0.05, 0) is 79.6 Å². The lowest BCUT2D eigenvalue weighted by molar-refractivity contribution is 0.173. The summed E-state index contributed by atoms with van der Waals surface area (Å²) in [5.74, 6) is 2.72. The van der Waals surface area contributed by atoms with Crippen LogP contribution in [0.3, 0.4) is 0 Å². The van der Waals surface area contributed by atoms with Crippen molar-refractivity contribution in [3.05, 3.63) is 123 Å². The molecule has 0 saturated carbocycles. The van der Waals surface area contributed by atoms with E-state index in [1.807, 2.05) is 43.3 Å². The number of β-amino-alcohol motifs (C(OH)–C–C–N with tert-alkyl or cyclic N) is 1. The number of nitrogens with zero attached hydrogens (tertiary/aromatic N) is 4. The van der Waals surface area contributed by atoms with E-state index in [1.54, 1.807) is 12.3 Å². The van der Waals surface area contributed by atoms with Gasteiger partial charge in [-0.15, -0.1) is 0 Å². The first-order chi connectivity index (χ1) is 25.3. The van der Waals surface area contributed by atoms with Crippen LogP contribution >= 0.6 is 11.6 Å². The lowest BCUT2D eigenvalue weighted by atomic mass is 9.93. The van der Waals surface area contributed by atoms with E-state index >= 15 is 0 Å². The molecule has 2 aromatic heterocycles. The number of aliphatic hydroxyl groups excluding tert-OH is 1. The van der Waals surface area contributed by atoms with Crippen LogP contribution in [0.2, 0.25) is 5.02 Å². The molecular formula is C41H44ClN5O5. The SMILES string of the molecule is Cc1cc(CNCc2cc(Cl)c(OCc3cccc(-c4cccc(OCCCN5CCC(O)C5)c4C)c3C)cc2OCc2cncc(C#N)c2)no1. The number of aryl methyl sites for hydroxylation is 1. The molecule has 1 fully saturated rings. The van der Waals surface area contributed by atoms with Gasteiger partial charge in [0, 0.05) is 68.4 Å². The predicted molar refractivity (Wildman–Crippen MR) is 199 cm³/mol. The molecule has 52 heavy (non-hydrogen) atoms. The van der Waals surface area contributed by atoms with E-state index in [0.29, 0.717) is 48.4 Å². The molecule has 0 aliphatic carbocycles. The Bertz CT molecular complexity index is 2030. The average molecular weight is 722 g/mol. The number of likely N-dealkylation sites (tertiary alicyclic amines) is 1. The van der Waals surface area contributed by atoms with E-state index in [4.69, 9.17) is 30.3 Å². The fraction of sp³-hybridized carbons (Fsp3) is 0.341. The molecule has 1 aliphatic heterocycles. The van der Waals surface area contributed by atoms with Crippen LogP contribution in [0.25, 0.3) is 11.1 Å². The molecule has 10 nitrogen and oxygen atoms in total. The highest BCUT2D eigenvalue weighted by Gasteiger charge is 2.20. The van der Waals surface area contributed by atoms with Crippen molar-refractivity contribution in [2.75, 3.05) is 26.2 Å². The van der Waals surface area contributed by atoms with Crippen LogP contribution in [0, 0.1) is 32.1 Å². The van der Waals surface area contributed by atoms with Crippen molar-refractivity contribution in [3.63, 3.8) is 0 Å². The Balaban J connectivity index is 1.15. The second kappa shape index (κ2) is 17.5. The number of nitrogens with one attached hydrogen (secondary N) is 1. The normalized spacial score (nSPS) is 14.3. The number of halogens is 1. The van der Waals surface area contributed by atoms with Crippen LogP contribution < -0.4 is 19.5 Å². The summed E-state index contributed by atoms with van der Waals surface area (Å²) >= 11 is 6.81. The molecule has 6 rings (SSSR count). The molecular weight excluding hydrogens is 678 g/mol. The summed E-state index contributed by atoms with van der Waals surface area (Å²) in [7, 11) is 0. The number of aromatic nitrogens is 2. The average Bonchev–Trinajstić information content (AvgIpc) is 3.77. The number of hydrogen-bond acceptors (Lipinski definition) is 10. The molecule has 0 spiro atoms. The second-order valence-corrected chi connectivity index (χ2v) is 13.6. The molecule has 270 valence electrons.